The van der Waals surface area contributed by atoms with E-state index in [1.54, 1.807) is 24.5 Å². The minimum absolute atomic E-state index is 0.357. The topological polar surface area (TPSA) is 150 Å². The fourth-order valence-corrected chi connectivity index (χ4v) is 4.79. The standard InChI is InChI=1S/C23H30N6O3.C11H11N/c1-29-13-3-4-19(29)15-24-10-2-5-20(23(31)32)28-22(30)18-8-6-17(7-9-18)14-25-16-21-26-11-12-27-21;12-8-10-6-3-5-9-4-1-2-7-11(9)10/h3-4,6-9,11-13,20,24-25H,2,5,10,14-16H2,1H3,(H,26,27)(H,28,30)(H,31,32);1-7H,8,12H2/t20-;/m0./s1. The van der Waals surface area contributed by atoms with E-state index in [9.17, 15) is 14.7 Å². The molecule has 0 fully saturated rings. The van der Waals surface area contributed by atoms with Gasteiger partial charge in [-0.1, -0.05) is 54.6 Å². The number of aromatic amines is 1. The molecule has 230 valence electrons. The van der Waals surface area contributed by atoms with Gasteiger partial charge < -0.3 is 36.3 Å². The molecule has 0 aliphatic rings. The largest absolute Gasteiger partial charge is 0.480 e. The van der Waals surface area contributed by atoms with Crippen LogP contribution in [0.3, 0.4) is 0 Å². The average Bonchev–Trinajstić information content (AvgIpc) is 3.72. The molecule has 2 heterocycles. The Hall–Kier alpha value is -4.77. The molecular weight excluding hydrogens is 554 g/mol. The van der Waals surface area contributed by atoms with Crippen molar-refractivity contribution in [2.24, 2.45) is 12.8 Å². The zero-order valence-electron chi connectivity index (χ0n) is 25.0. The number of benzene rings is 3. The molecule has 5 aromatic rings. The molecule has 2 aromatic heterocycles. The Morgan fingerprint density at radius 2 is 1.75 bits per heavy atom. The van der Waals surface area contributed by atoms with E-state index in [0.29, 0.717) is 44.6 Å². The average molecular weight is 596 g/mol. The van der Waals surface area contributed by atoms with Crippen LogP contribution in [0.5, 0.6) is 0 Å². The van der Waals surface area contributed by atoms with Crippen LogP contribution in [0.15, 0.2) is 97.5 Å². The van der Waals surface area contributed by atoms with Crippen LogP contribution in [-0.2, 0) is 38.0 Å². The van der Waals surface area contributed by atoms with E-state index < -0.39 is 12.0 Å². The van der Waals surface area contributed by atoms with Crippen molar-refractivity contribution in [3.63, 3.8) is 0 Å². The second kappa shape index (κ2) is 16.8. The summed E-state index contributed by atoms with van der Waals surface area (Å²) in [7, 11) is 1.98. The van der Waals surface area contributed by atoms with Gasteiger partial charge in [0.1, 0.15) is 11.9 Å². The highest BCUT2D eigenvalue weighted by molar-refractivity contribution is 5.96. The lowest BCUT2D eigenvalue weighted by Gasteiger charge is -2.15. The van der Waals surface area contributed by atoms with Crippen LogP contribution in [-0.4, -0.2) is 44.1 Å². The quantitative estimate of drug-likeness (QED) is 0.106. The fraction of sp³-hybridized carbons (Fsp3) is 0.265. The number of nitrogens with zero attached hydrogens (tertiary/aromatic N) is 2. The molecule has 0 radical (unpaired) electrons. The lowest BCUT2D eigenvalue weighted by Crippen LogP contribution is -2.41. The third-order valence-corrected chi connectivity index (χ3v) is 7.30. The molecule has 0 aliphatic heterocycles. The van der Waals surface area contributed by atoms with Crippen LogP contribution >= 0.6 is 0 Å². The number of carboxylic acid groups (broad SMARTS) is 1. The maximum absolute atomic E-state index is 12.5. The highest BCUT2D eigenvalue weighted by atomic mass is 16.4. The Balaban J connectivity index is 0.000000305. The number of aromatic nitrogens is 3. The first-order valence-electron chi connectivity index (χ1n) is 14.7. The van der Waals surface area contributed by atoms with Gasteiger partial charge in [-0.05, 0) is 65.6 Å². The van der Waals surface area contributed by atoms with Gasteiger partial charge >= 0.3 is 5.97 Å². The molecule has 1 amide bonds. The smallest absolute Gasteiger partial charge is 0.326 e. The number of nitrogens with one attached hydrogen (secondary N) is 4. The van der Waals surface area contributed by atoms with Crippen LogP contribution in [0, 0.1) is 0 Å². The van der Waals surface area contributed by atoms with Crippen molar-refractivity contribution < 1.29 is 14.7 Å². The molecule has 0 saturated heterocycles. The molecule has 7 N–H and O–H groups in total. The summed E-state index contributed by atoms with van der Waals surface area (Å²) in [6.07, 6.45) is 6.46. The summed E-state index contributed by atoms with van der Waals surface area (Å²) >= 11 is 0. The van der Waals surface area contributed by atoms with Crippen molar-refractivity contribution in [3.8, 4) is 0 Å². The van der Waals surface area contributed by atoms with E-state index >= 15 is 0 Å². The van der Waals surface area contributed by atoms with Gasteiger partial charge in [-0.3, -0.25) is 4.79 Å². The lowest BCUT2D eigenvalue weighted by atomic mass is 10.1. The summed E-state index contributed by atoms with van der Waals surface area (Å²) in [6.45, 7) is 3.26. The van der Waals surface area contributed by atoms with Gasteiger partial charge in [0.15, 0.2) is 0 Å². The van der Waals surface area contributed by atoms with E-state index in [1.807, 2.05) is 60.3 Å². The van der Waals surface area contributed by atoms with Crippen molar-refractivity contribution in [1.82, 2.24) is 30.5 Å². The molecule has 44 heavy (non-hydrogen) atoms. The summed E-state index contributed by atoms with van der Waals surface area (Å²) in [4.78, 5) is 31.3. The Kier molecular flexibility index (Phi) is 12.2. The van der Waals surface area contributed by atoms with Crippen molar-refractivity contribution in [2.75, 3.05) is 6.54 Å². The zero-order chi connectivity index (χ0) is 31.1. The third kappa shape index (κ3) is 9.63. The monoisotopic (exact) mass is 595 g/mol. The predicted molar refractivity (Wildman–Crippen MR) is 173 cm³/mol. The first-order chi connectivity index (χ1) is 21.4. The van der Waals surface area contributed by atoms with E-state index in [1.165, 1.54) is 16.3 Å². The Labute approximate surface area is 257 Å². The van der Waals surface area contributed by atoms with Gasteiger partial charge in [-0.2, -0.15) is 0 Å². The number of imidazole rings is 1. The molecule has 0 unspecified atom stereocenters. The number of hydrogen-bond donors (Lipinski definition) is 6. The maximum Gasteiger partial charge on any atom is 0.326 e. The van der Waals surface area contributed by atoms with Crippen LogP contribution in [0.4, 0.5) is 0 Å². The highest BCUT2D eigenvalue weighted by Gasteiger charge is 2.20. The normalized spacial score (nSPS) is 11.5. The van der Waals surface area contributed by atoms with Gasteiger partial charge in [0.05, 0.1) is 6.54 Å². The van der Waals surface area contributed by atoms with Gasteiger partial charge in [0.2, 0.25) is 0 Å². The number of hydrogen-bond acceptors (Lipinski definition) is 6. The minimum atomic E-state index is -1.03. The summed E-state index contributed by atoms with van der Waals surface area (Å²) in [5.41, 5.74) is 9.45. The number of H-pyrrole nitrogens is 1. The number of aryl methyl sites for hydroxylation is 1. The van der Waals surface area contributed by atoms with Gasteiger partial charge in [0, 0.05) is 56.5 Å². The number of carbonyl (C=O) groups excluding carboxylic acids is 1. The molecule has 0 saturated carbocycles. The fourth-order valence-electron chi connectivity index (χ4n) is 4.79. The minimum Gasteiger partial charge on any atom is -0.480 e. The van der Waals surface area contributed by atoms with E-state index in [0.717, 1.165) is 23.6 Å². The summed E-state index contributed by atoms with van der Waals surface area (Å²) in [6, 6.07) is 24.7. The van der Waals surface area contributed by atoms with Crippen molar-refractivity contribution >= 4 is 22.6 Å². The second-order valence-electron chi connectivity index (χ2n) is 10.5. The summed E-state index contributed by atoms with van der Waals surface area (Å²) in [5, 5.41) is 21.2. The van der Waals surface area contributed by atoms with Crippen LogP contribution in [0.25, 0.3) is 10.8 Å². The van der Waals surface area contributed by atoms with Crippen LogP contribution in [0.2, 0.25) is 0 Å². The van der Waals surface area contributed by atoms with Crippen LogP contribution in [0.1, 0.15) is 45.8 Å². The van der Waals surface area contributed by atoms with Gasteiger partial charge in [-0.15, -0.1) is 0 Å². The summed E-state index contributed by atoms with van der Waals surface area (Å²) < 4.78 is 2.04. The molecular formula is C34H41N7O3. The molecule has 1 atom stereocenters. The number of amides is 1. The maximum atomic E-state index is 12.5. The van der Waals surface area contributed by atoms with Gasteiger partial charge in [-0.25, -0.2) is 9.78 Å². The molecule has 3 aromatic carbocycles. The molecule has 0 spiro atoms. The molecule has 5 rings (SSSR count). The predicted octanol–water partition coefficient (Wildman–Crippen LogP) is 4.09. The Bertz CT molecular complexity index is 1590. The molecule has 10 nitrogen and oxygen atoms in total. The zero-order valence-corrected chi connectivity index (χ0v) is 25.0. The number of carbonyl (C=O) groups is 2. The van der Waals surface area contributed by atoms with E-state index in [-0.39, 0.29) is 5.91 Å². The van der Waals surface area contributed by atoms with Gasteiger partial charge in [0.25, 0.3) is 5.91 Å². The van der Waals surface area contributed by atoms with Crippen molar-refractivity contribution in [2.45, 2.75) is 45.1 Å². The SMILES string of the molecule is Cn1cccc1CNCCC[C@H](NC(=O)c1ccc(CNCc2ncc[nH]2)cc1)C(=O)O.NCc1cccc2ccccc12. The molecule has 0 bridgehead atoms. The lowest BCUT2D eigenvalue weighted by molar-refractivity contribution is -0.139. The number of fused-ring (bicyclic) bond motifs is 1. The first kappa shape index (κ1) is 32.2. The molecule has 10 heteroatoms. The number of nitrogens with two attached hydrogens (primary N) is 1. The third-order valence-electron chi connectivity index (χ3n) is 7.30. The van der Waals surface area contributed by atoms with Crippen molar-refractivity contribution in [3.05, 3.63) is 126 Å². The molecule has 0 aliphatic carbocycles. The first-order valence-corrected chi connectivity index (χ1v) is 14.7. The Morgan fingerprint density at radius 3 is 2.45 bits per heavy atom. The summed E-state index contributed by atoms with van der Waals surface area (Å²) in [5.74, 6) is -0.556. The number of carboxylic acids is 1. The second-order valence-corrected chi connectivity index (χ2v) is 10.5. The number of rotatable bonds is 14. The van der Waals surface area contributed by atoms with E-state index in [2.05, 4.69) is 50.2 Å². The van der Waals surface area contributed by atoms with Crippen molar-refractivity contribution in [1.29, 1.82) is 0 Å². The Morgan fingerprint density at radius 1 is 0.955 bits per heavy atom. The number of aliphatic carboxylic acids is 1. The van der Waals surface area contributed by atoms with E-state index in [4.69, 9.17) is 5.73 Å². The van der Waals surface area contributed by atoms with Crippen LogP contribution < -0.4 is 21.7 Å². The highest BCUT2D eigenvalue weighted by Crippen LogP contribution is 2.17.